The summed E-state index contributed by atoms with van der Waals surface area (Å²) in [6, 6.07) is 4.42. The van der Waals surface area contributed by atoms with Gasteiger partial charge in [-0.15, -0.1) is 0 Å². The highest BCUT2D eigenvalue weighted by Crippen LogP contribution is 2.25. The molecule has 1 aromatic rings. The molecular formula is C18H27N3O5. The van der Waals surface area contributed by atoms with Crippen LogP contribution in [0.4, 0.5) is 11.4 Å². The van der Waals surface area contributed by atoms with Crippen molar-refractivity contribution in [3.63, 3.8) is 0 Å². The van der Waals surface area contributed by atoms with Crippen LogP contribution in [0.3, 0.4) is 0 Å². The summed E-state index contributed by atoms with van der Waals surface area (Å²) in [6.45, 7) is 3.63. The van der Waals surface area contributed by atoms with E-state index in [-0.39, 0.29) is 29.3 Å². The zero-order valence-electron chi connectivity index (χ0n) is 15.3. The highest BCUT2D eigenvalue weighted by molar-refractivity contribution is 5.95. The summed E-state index contributed by atoms with van der Waals surface area (Å²) in [5.74, 6) is -0.309. The number of hydrogen-bond acceptors (Lipinski definition) is 6. The lowest BCUT2D eigenvalue weighted by Crippen LogP contribution is -2.33. The average Bonchev–Trinajstić information content (AvgIpc) is 3.13. The second kappa shape index (κ2) is 10.1. The summed E-state index contributed by atoms with van der Waals surface area (Å²) in [7, 11) is 1.56. The SMILES string of the molecule is COCCNc1ccc(C(=O)NC(C)CCC2CCCO2)cc1[N+](=O)[O-]. The molecule has 2 unspecified atom stereocenters. The van der Waals surface area contributed by atoms with Crippen molar-refractivity contribution in [2.45, 2.75) is 44.8 Å². The Labute approximate surface area is 153 Å². The van der Waals surface area contributed by atoms with E-state index in [1.807, 2.05) is 6.92 Å². The third kappa shape index (κ3) is 5.96. The maximum absolute atomic E-state index is 12.4. The Kier molecular flexibility index (Phi) is 7.80. The summed E-state index contributed by atoms with van der Waals surface area (Å²) in [6.07, 6.45) is 4.18. The normalized spacial score (nSPS) is 17.7. The lowest BCUT2D eigenvalue weighted by Gasteiger charge is -2.16. The number of amides is 1. The molecule has 1 aliphatic rings. The van der Waals surface area contributed by atoms with E-state index >= 15 is 0 Å². The van der Waals surface area contributed by atoms with Gasteiger partial charge in [0.25, 0.3) is 11.6 Å². The van der Waals surface area contributed by atoms with Crippen LogP contribution >= 0.6 is 0 Å². The van der Waals surface area contributed by atoms with Gasteiger partial charge in [-0.05, 0) is 44.7 Å². The van der Waals surface area contributed by atoms with Crippen molar-refractivity contribution in [1.29, 1.82) is 0 Å². The summed E-state index contributed by atoms with van der Waals surface area (Å²) < 4.78 is 10.5. The number of ether oxygens (including phenoxy) is 2. The molecule has 8 nitrogen and oxygen atoms in total. The number of carbonyl (C=O) groups excluding carboxylic acids is 1. The number of nitro groups is 1. The van der Waals surface area contributed by atoms with Gasteiger partial charge in [-0.25, -0.2) is 0 Å². The van der Waals surface area contributed by atoms with Crippen LogP contribution < -0.4 is 10.6 Å². The molecule has 26 heavy (non-hydrogen) atoms. The molecule has 1 fully saturated rings. The van der Waals surface area contributed by atoms with E-state index in [1.54, 1.807) is 19.2 Å². The minimum absolute atomic E-state index is 0.0229. The average molecular weight is 365 g/mol. The number of rotatable bonds is 10. The van der Waals surface area contributed by atoms with Gasteiger partial charge in [-0.1, -0.05) is 0 Å². The number of nitro benzene ring substituents is 1. The summed E-state index contributed by atoms with van der Waals surface area (Å²) in [5.41, 5.74) is 0.522. The Bertz CT molecular complexity index is 617. The summed E-state index contributed by atoms with van der Waals surface area (Å²) >= 11 is 0. The minimum Gasteiger partial charge on any atom is -0.383 e. The predicted octanol–water partition coefficient (Wildman–Crippen LogP) is 2.73. The van der Waals surface area contributed by atoms with Crippen molar-refractivity contribution in [2.24, 2.45) is 0 Å². The van der Waals surface area contributed by atoms with Crippen LogP contribution in [-0.4, -0.2) is 49.8 Å². The number of carbonyl (C=O) groups is 1. The second-order valence-corrected chi connectivity index (χ2v) is 6.50. The van der Waals surface area contributed by atoms with Crippen molar-refractivity contribution in [3.8, 4) is 0 Å². The smallest absolute Gasteiger partial charge is 0.293 e. The van der Waals surface area contributed by atoms with Crippen molar-refractivity contribution < 1.29 is 19.2 Å². The Morgan fingerprint density at radius 3 is 2.96 bits per heavy atom. The molecule has 1 saturated heterocycles. The highest BCUT2D eigenvalue weighted by Gasteiger charge is 2.20. The van der Waals surface area contributed by atoms with Gasteiger partial charge in [0.1, 0.15) is 5.69 Å². The van der Waals surface area contributed by atoms with Gasteiger partial charge in [-0.2, -0.15) is 0 Å². The van der Waals surface area contributed by atoms with Crippen LogP contribution in [0.15, 0.2) is 18.2 Å². The highest BCUT2D eigenvalue weighted by atomic mass is 16.6. The first-order valence-electron chi connectivity index (χ1n) is 8.95. The molecule has 2 atom stereocenters. The second-order valence-electron chi connectivity index (χ2n) is 6.50. The molecule has 1 aliphatic heterocycles. The van der Waals surface area contributed by atoms with Gasteiger partial charge in [0, 0.05) is 37.9 Å². The van der Waals surface area contributed by atoms with Gasteiger partial charge in [-0.3, -0.25) is 14.9 Å². The molecule has 0 saturated carbocycles. The zero-order chi connectivity index (χ0) is 18.9. The standard InChI is InChI=1S/C18H27N3O5/c1-13(5-7-15-4-3-10-26-15)20-18(22)14-6-8-16(19-9-11-25-2)17(12-14)21(23)24/h6,8,12-13,15,19H,3-5,7,9-11H2,1-2H3,(H,20,22). The van der Waals surface area contributed by atoms with E-state index in [1.165, 1.54) is 6.07 Å². The lowest BCUT2D eigenvalue weighted by atomic mass is 10.1. The van der Waals surface area contributed by atoms with Gasteiger partial charge in [0.05, 0.1) is 17.6 Å². The predicted molar refractivity (Wildman–Crippen MR) is 98.6 cm³/mol. The number of nitrogens with one attached hydrogen (secondary N) is 2. The molecular weight excluding hydrogens is 338 g/mol. The third-order valence-corrected chi connectivity index (χ3v) is 4.40. The van der Waals surface area contributed by atoms with Crippen LogP contribution in [0.25, 0.3) is 0 Å². The molecule has 2 rings (SSSR count). The van der Waals surface area contributed by atoms with Gasteiger partial charge < -0.3 is 20.1 Å². The summed E-state index contributed by atoms with van der Waals surface area (Å²) in [5, 5.41) is 17.1. The largest absolute Gasteiger partial charge is 0.383 e. The van der Waals surface area contributed by atoms with Gasteiger partial charge >= 0.3 is 0 Å². The molecule has 2 N–H and O–H groups in total. The van der Waals surface area contributed by atoms with Crippen LogP contribution in [0.2, 0.25) is 0 Å². The molecule has 0 aliphatic carbocycles. The summed E-state index contributed by atoms with van der Waals surface area (Å²) in [4.78, 5) is 23.2. The molecule has 0 bridgehead atoms. The van der Waals surface area contributed by atoms with Crippen LogP contribution in [-0.2, 0) is 9.47 Å². The Balaban J connectivity index is 1.94. The van der Waals surface area contributed by atoms with Crippen molar-refractivity contribution in [3.05, 3.63) is 33.9 Å². The van der Waals surface area contributed by atoms with Crippen LogP contribution in [0, 0.1) is 10.1 Å². The number of benzene rings is 1. The molecule has 1 amide bonds. The number of nitrogens with zero attached hydrogens (tertiary/aromatic N) is 1. The molecule has 0 radical (unpaired) electrons. The monoisotopic (exact) mass is 365 g/mol. The van der Waals surface area contributed by atoms with E-state index in [0.29, 0.717) is 18.8 Å². The fourth-order valence-corrected chi connectivity index (χ4v) is 2.95. The van der Waals surface area contributed by atoms with Gasteiger partial charge in [0.15, 0.2) is 0 Å². The van der Waals surface area contributed by atoms with E-state index < -0.39 is 4.92 Å². The Morgan fingerprint density at radius 2 is 2.31 bits per heavy atom. The number of anilines is 1. The Morgan fingerprint density at radius 1 is 1.50 bits per heavy atom. The van der Waals surface area contributed by atoms with Crippen molar-refractivity contribution >= 4 is 17.3 Å². The minimum atomic E-state index is -0.493. The molecule has 1 heterocycles. The maximum Gasteiger partial charge on any atom is 0.293 e. The first kappa shape index (κ1) is 20.1. The first-order valence-corrected chi connectivity index (χ1v) is 8.95. The molecule has 144 valence electrons. The van der Waals surface area contributed by atoms with E-state index in [0.717, 1.165) is 32.3 Å². The quantitative estimate of drug-likeness (QED) is 0.375. The van der Waals surface area contributed by atoms with Crippen LogP contribution in [0.5, 0.6) is 0 Å². The molecule has 0 aromatic heterocycles. The van der Waals surface area contributed by atoms with Gasteiger partial charge in [0.2, 0.25) is 0 Å². The van der Waals surface area contributed by atoms with E-state index in [4.69, 9.17) is 9.47 Å². The maximum atomic E-state index is 12.4. The fourth-order valence-electron chi connectivity index (χ4n) is 2.95. The van der Waals surface area contributed by atoms with Crippen molar-refractivity contribution in [1.82, 2.24) is 5.32 Å². The van der Waals surface area contributed by atoms with Crippen molar-refractivity contribution in [2.75, 3.05) is 32.2 Å². The number of hydrogen-bond donors (Lipinski definition) is 2. The van der Waals surface area contributed by atoms with E-state index in [9.17, 15) is 14.9 Å². The first-order chi connectivity index (χ1) is 12.5. The molecule has 0 spiro atoms. The lowest BCUT2D eigenvalue weighted by molar-refractivity contribution is -0.384. The third-order valence-electron chi connectivity index (χ3n) is 4.40. The molecule has 1 aromatic carbocycles. The Hall–Kier alpha value is -2.19. The topological polar surface area (TPSA) is 103 Å². The number of methoxy groups -OCH3 is 1. The van der Waals surface area contributed by atoms with Crippen LogP contribution in [0.1, 0.15) is 43.0 Å². The van der Waals surface area contributed by atoms with E-state index in [2.05, 4.69) is 10.6 Å². The fraction of sp³-hybridized carbons (Fsp3) is 0.611. The zero-order valence-corrected chi connectivity index (χ0v) is 15.3. The molecule has 8 heteroatoms.